The van der Waals surface area contributed by atoms with E-state index in [4.69, 9.17) is 11.6 Å². The van der Waals surface area contributed by atoms with Crippen LogP contribution in [-0.4, -0.2) is 19.2 Å². The first-order chi connectivity index (χ1) is 15.6. The van der Waals surface area contributed by atoms with Gasteiger partial charge in [-0.15, -0.1) is 0 Å². The highest BCUT2D eigenvalue weighted by molar-refractivity contribution is 7.93. The SMILES string of the molecule is CCCCc1ccc(N(C(=O)c2ccc(C)c([N+](=O)[O-])c2)S(=O)(=O)c2ccc(Cl)cc2)cc1. The summed E-state index contributed by atoms with van der Waals surface area (Å²) >= 11 is 5.90. The van der Waals surface area contributed by atoms with Gasteiger partial charge < -0.3 is 0 Å². The lowest BCUT2D eigenvalue weighted by Gasteiger charge is -2.23. The number of anilines is 1. The summed E-state index contributed by atoms with van der Waals surface area (Å²) in [6.07, 6.45) is 2.83. The number of carbonyl (C=O) groups excluding carboxylic acids is 1. The van der Waals surface area contributed by atoms with Crippen LogP contribution in [0.1, 0.15) is 41.3 Å². The smallest absolute Gasteiger partial charge is 0.268 e. The van der Waals surface area contributed by atoms with Gasteiger partial charge in [0.1, 0.15) is 0 Å². The van der Waals surface area contributed by atoms with Crippen molar-refractivity contribution in [2.24, 2.45) is 0 Å². The Bertz CT molecular complexity index is 1270. The molecule has 3 aromatic carbocycles. The van der Waals surface area contributed by atoms with Crippen molar-refractivity contribution in [1.82, 2.24) is 0 Å². The summed E-state index contributed by atoms with van der Waals surface area (Å²) in [6.45, 7) is 3.62. The summed E-state index contributed by atoms with van der Waals surface area (Å²) in [5.74, 6) is -0.894. The Morgan fingerprint density at radius 2 is 1.67 bits per heavy atom. The number of nitro benzene ring substituents is 1. The summed E-state index contributed by atoms with van der Waals surface area (Å²) in [5, 5.41) is 11.7. The van der Waals surface area contributed by atoms with E-state index in [9.17, 15) is 23.3 Å². The molecule has 0 radical (unpaired) electrons. The van der Waals surface area contributed by atoms with Gasteiger partial charge >= 0.3 is 0 Å². The van der Waals surface area contributed by atoms with Crippen LogP contribution in [0.15, 0.2) is 71.6 Å². The van der Waals surface area contributed by atoms with Crippen LogP contribution in [0.4, 0.5) is 11.4 Å². The molecule has 0 unspecified atom stereocenters. The average Bonchev–Trinajstić information content (AvgIpc) is 2.79. The molecule has 0 N–H and O–H groups in total. The number of sulfonamides is 1. The molecule has 0 atom stereocenters. The number of hydrogen-bond donors (Lipinski definition) is 0. The molecule has 172 valence electrons. The molecule has 0 bridgehead atoms. The van der Waals surface area contributed by atoms with Crippen molar-refractivity contribution in [1.29, 1.82) is 0 Å². The van der Waals surface area contributed by atoms with Gasteiger partial charge in [0.15, 0.2) is 0 Å². The number of nitro groups is 1. The van der Waals surface area contributed by atoms with Crippen LogP contribution in [0.25, 0.3) is 0 Å². The predicted octanol–water partition coefficient (Wildman–Crippen LogP) is 5.93. The van der Waals surface area contributed by atoms with Gasteiger partial charge in [0.2, 0.25) is 0 Å². The van der Waals surface area contributed by atoms with E-state index in [0.717, 1.165) is 30.9 Å². The quantitative estimate of drug-likeness (QED) is 0.290. The molecule has 9 heteroatoms. The Morgan fingerprint density at radius 1 is 1.03 bits per heavy atom. The third-order valence-corrected chi connectivity index (χ3v) is 7.16. The van der Waals surface area contributed by atoms with Crippen LogP contribution in [-0.2, 0) is 16.4 Å². The molecule has 0 spiro atoms. The van der Waals surface area contributed by atoms with Gasteiger partial charge in [-0.2, -0.15) is 4.31 Å². The number of rotatable bonds is 8. The molecule has 1 amide bonds. The van der Waals surface area contributed by atoms with Crippen LogP contribution >= 0.6 is 11.6 Å². The lowest BCUT2D eigenvalue weighted by Crippen LogP contribution is -2.37. The largest absolute Gasteiger partial charge is 0.273 e. The fourth-order valence-corrected chi connectivity index (χ4v) is 4.85. The van der Waals surface area contributed by atoms with E-state index in [-0.39, 0.29) is 21.8 Å². The molecule has 0 aliphatic carbocycles. The first-order valence-electron chi connectivity index (χ1n) is 10.3. The highest BCUT2D eigenvalue weighted by Gasteiger charge is 2.32. The highest BCUT2D eigenvalue weighted by atomic mass is 35.5. The lowest BCUT2D eigenvalue weighted by atomic mass is 10.1. The monoisotopic (exact) mass is 486 g/mol. The van der Waals surface area contributed by atoms with Gasteiger partial charge in [0.05, 0.1) is 15.5 Å². The summed E-state index contributed by atoms with van der Waals surface area (Å²) < 4.78 is 27.7. The maximum Gasteiger partial charge on any atom is 0.273 e. The molecule has 0 saturated carbocycles. The fraction of sp³-hybridized carbons (Fsp3) is 0.208. The fourth-order valence-electron chi connectivity index (χ4n) is 3.31. The van der Waals surface area contributed by atoms with E-state index in [1.807, 2.05) is 0 Å². The van der Waals surface area contributed by atoms with Crippen molar-refractivity contribution in [2.75, 3.05) is 4.31 Å². The van der Waals surface area contributed by atoms with Gasteiger partial charge in [0, 0.05) is 22.2 Å². The zero-order valence-electron chi connectivity index (χ0n) is 18.2. The molecule has 0 aromatic heterocycles. The number of carbonyl (C=O) groups is 1. The van der Waals surface area contributed by atoms with Crippen molar-refractivity contribution < 1.29 is 18.1 Å². The summed E-state index contributed by atoms with van der Waals surface area (Å²) in [4.78, 5) is 24.1. The summed E-state index contributed by atoms with van der Waals surface area (Å²) in [5.41, 5.74) is 1.14. The molecular weight excluding hydrogens is 464 g/mol. The van der Waals surface area contributed by atoms with Gasteiger partial charge in [0.25, 0.3) is 21.6 Å². The van der Waals surface area contributed by atoms with Crippen LogP contribution in [0.3, 0.4) is 0 Å². The van der Waals surface area contributed by atoms with Gasteiger partial charge in [-0.25, -0.2) is 8.42 Å². The molecule has 0 fully saturated rings. The van der Waals surface area contributed by atoms with Gasteiger partial charge in [-0.05, 0) is 67.8 Å². The first kappa shape index (κ1) is 24.4. The second kappa shape index (κ2) is 10.1. The van der Waals surface area contributed by atoms with Crippen molar-refractivity contribution >= 4 is 38.9 Å². The highest BCUT2D eigenvalue weighted by Crippen LogP contribution is 2.29. The second-order valence-electron chi connectivity index (χ2n) is 7.56. The van der Waals surface area contributed by atoms with E-state index in [2.05, 4.69) is 6.92 Å². The number of unbranched alkanes of at least 4 members (excludes halogenated alkanes) is 1. The lowest BCUT2D eigenvalue weighted by molar-refractivity contribution is -0.385. The number of hydrogen-bond acceptors (Lipinski definition) is 5. The minimum atomic E-state index is -4.34. The molecule has 3 aromatic rings. The standard InChI is InChI=1S/C24H23ClN2O5S/c1-3-4-5-18-7-12-21(13-8-18)26(33(31,32)22-14-10-20(25)11-15-22)24(28)19-9-6-17(2)23(16-19)27(29)30/h6-16H,3-5H2,1-2H3. The van der Waals surface area contributed by atoms with Crippen molar-refractivity contribution in [3.05, 3.63) is 98.6 Å². The van der Waals surface area contributed by atoms with Crippen LogP contribution in [0.2, 0.25) is 5.02 Å². The Morgan fingerprint density at radius 3 is 2.24 bits per heavy atom. The Balaban J connectivity index is 2.13. The summed E-state index contributed by atoms with van der Waals surface area (Å²) in [7, 11) is -4.34. The molecule has 3 rings (SSSR count). The van der Waals surface area contributed by atoms with Crippen molar-refractivity contribution in [2.45, 2.75) is 38.0 Å². The molecule has 7 nitrogen and oxygen atoms in total. The molecular formula is C24H23ClN2O5S. The minimum Gasteiger partial charge on any atom is -0.268 e. The van der Waals surface area contributed by atoms with Gasteiger partial charge in [-0.3, -0.25) is 14.9 Å². The third kappa shape index (κ3) is 5.40. The van der Waals surface area contributed by atoms with Crippen LogP contribution < -0.4 is 4.31 Å². The minimum absolute atomic E-state index is 0.111. The van der Waals surface area contributed by atoms with E-state index in [0.29, 0.717) is 14.9 Å². The van der Waals surface area contributed by atoms with Crippen molar-refractivity contribution in [3.8, 4) is 0 Å². The number of amides is 1. The van der Waals surface area contributed by atoms with Crippen LogP contribution in [0, 0.1) is 17.0 Å². The van der Waals surface area contributed by atoms with Gasteiger partial charge in [-0.1, -0.05) is 43.1 Å². The number of aryl methyl sites for hydroxylation is 2. The predicted molar refractivity (Wildman–Crippen MR) is 128 cm³/mol. The molecule has 0 aliphatic rings. The average molecular weight is 487 g/mol. The number of halogens is 1. The summed E-state index contributed by atoms with van der Waals surface area (Å²) in [6, 6.07) is 16.0. The molecule has 0 saturated heterocycles. The third-order valence-electron chi connectivity index (χ3n) is 5.18. The van der Waals surface area contributed by atoms with E-state index < -0.39 is 20.9 Å². The normalized spacial score (nSPS) is 11.2. The second-order valence-corrected chi connectivity index (χ2v) is 9.78. The Hall–Kier alpha value is -3.23. The van der Waals surface area contributed by atoms with Crippen molar-refractivity contribution in [3.63, 3.8) is 0 Å². The molecule has 0 heterocycles. The number of benzene rings is 3. The first-order valence-corrected chi connectivity index (χ1v) is 12.2. The Kier molecular flexibility index (Phi) is 7.50. The topological polar surface area (TPSA) is 97.6 Å². The zero-order valence-corrected chi connectivity index (χ0v) is 19.8. The maximum absolute atomic E-state index is 13.5. The van der Waals surface area contributed by atoms with E-state index in [1.54, 1.807) is 31.2 Å². The van der Waals surface area contributed by atoms with Crippen LogP contribution in [0.5, 0.6) is 0 Å². The number of nitrogens with zero attached hydrogens (tertiary/aromatic N) is 2. The molecule has 0 aliphatic heterocycles. The maximum atomic E-state index is 13.5. The molecule has 33 heavy (non-hydrogen) atoms. The van der Waals surface area contributed by atoms with E-state index >= 15 is 0 Å². The van der Waals surface area contributed by atoms with E-state index in [1.165, 1.54) is 36.4 Å². The Labute approximate surface area is 197 Å². The zero-order chi connectivity index (χ0) is 24.2.